The second kappa shape index (κ2) is 2.15. The van der Waals surface area contributed by atoms with Gasteiger partial charge in [-0.1, -0.05) is 0 Å². The fraction of sp³-hybridized carbons (Fsp3) is 0.750. The van der Waals surface area contributed by atoms with E-state index in [2.05, 4.69) is 0 Å². The van der Waals surface area contributed by atoms with Gasteiger partial charge in [0.15, 0.2) is 0 Å². The first-order valence-corrected chi connectivity index (χ1v) is 2.00. The van der Waals surface area contributed by atoms with Crippen LogP contribution < -0.4 is 0 Å². The Bertz CT molecular complexity index is 85.8. The van der Waals surface area contributed by atoms with Crippen molar-refractivity contribution < 1.29 is 18.0 Å². The van der Waals surface area contributed by atoms with E-state index < -0.39 is 12.1 Å². The number of rotatable bonds is 1. The Kier molecular flexibility index (Phi) is 2.01. The van der Waals surface area contributed by atoms with Gasteiger partial charge in [-0.25, -0.2) is 0 Å². The third-order valence-electron chi connectivity index (χ3n) is 0.720. The van der Waals surface area contributed by atoms with E-state index in [0.717, 1.165) is 6.92 Å². The molecule has 0 aliphatic rings. The molecule has 0 amide bonds. The lowest BCUT2D eigenvalue weighted by Gasteiger charge is -2.06. The van der Waals surface area contributed by atoms with Crippen LogP contribution in [0.15, 0.2) is 0 Å². The molecule has 0 N–H and O–H groups in total. The Morgan fingerprint density at radius 1 is 1.50 bits per heavy atom. The summed E-state index contributed by atoms with van der Waals surface area (Å²) >= 11 is 0. The summed E-state index contributed by atoms with van der Waals surface area (Å²) in [5.74, 6) is -1.83. The third-order valence-corrected chi connectivity index (χ3v) is 0.720. The Labute approximate surface area is 44.5 Å². The molecule has 0 aromatic carbocycles. The minimum absolute atomic E-state index is 0.125. The van der Waals surface area contributed by atoms with Gasteiger partial charge >= 0.3 is 6.18 Å². The van der Waals surface area contributed by atoms with Gasteiger partial charge in [-0.05, 0) is 6.92 Å². The van der Waals surface area contributed by atoms with Crippen molar-refractivity contribution in [1.82, 2.24) is 0 Å². The van der Waals surface area contributed by atoms with E-state index in [-0.39, 0.29) is 6.29 Å². The SMILES string of the molecule is CC(C=O)C(F)(F)F. The fourth-order valence-corrected chi connectivity index (χ4v) is 0.0772. The molecule has 0 fully saturated rings. The van der Waals surface area contributed by atoms with Crippen LogP contribution in [0.5, 0.6) is 0 Å². The van der Waals surface area contributed by atoms with Gasteiger partial charge in [-0.15, -0.1) is 0 Å². The van der Waals surface area contributed by atoms with Crippen LogP contribution in [0.25, 0.3) is 0 Å². The minimum Gasteiger partial charge on any atom is -0.303 e. The highest BCUT2D eigenvalue weighted by Gasteiger charge is 2.35. The van der Waals surface area contributed by atoms with E-state index in [1.54, 1.807) is 0 Å². The predicted octanol–water partition coefficient (Wildman–Crippen LogP) is 1.38. The number of alkyl halides is 3. The lowest BCUT2D eigenvalue weighted by Crippen LogP contribution is -2.20. The molecule has 0 aromatic rings. The Morgan fingerprint density at radius 2 is 1.88 bits per heavy atom. The largest absolute Gasteiger partial charge is 0.398 e. The van der Waals surface area contributed by atoms with Gasteiger partial charge < -0.3 is 4.79 Å². The summed E-state index contributed by atoms with van der Waals surface area (Å²) in [5, 5.41) is 0. The Hall–Kier alpha value is -0.540. The van der Waals surface area contributed by atoms with Crippen molar-refractivity contribution in [2.24, 2.45) is 5.92 Å². The van der Waals surface area contributed by atoms with Crippen molar-refractivity contribution in [3.8, 4) is 0 Å². The molecule has 1 nitrogen and oxygen atoms in total. The molecule has 8 heavy (non-hydrogen) atoms. The molecule has 0 saturated carbocycles. The molecule has 0 radical (unpaired) electrons. The highest BCUT2D eigenvalue weighted by Crippen LogP contribution is 2.23. The van der Waals surface area contributed by atoms with Crippen LogP contribution in [0.4, 0.5) is 13.2 Å². The number of hydrogen-bond acceptors (Lipinski definition) is 1. The summed E-state index contributed by atoms with van der Waals surface area (Å²) in [6, 6.07) is 0. The summed E-state index contributed by atoms with van der Waals surface area (Å²) in [4.78, 5) is 9.43. The van der Waals surface area contributed by atoms with E-state index in [9.17, 15) is 18.0 Å². The maximum absolute atomic E-state index is 11.2. The second-order valence-corrected chi connectivity index (χ2v) is 1.47. The molecular formula is C4H5F3O. The zero-order valence-electron chi connectivity index (χ0n) is 4.20. The smallest absolute Gasteiger partial charge is 0.303 e. The number of carbonyl (C=O) groups excluding carboxylic acids is 1. The van der Waals surface area contributed by atoms with Crippen molar-refractivity contribution in [2.45, 2.75) is 13.1 Å². The molecule has 1 atom stereocenters. The normalized spacial score (nSPS) is 15.5. The standard InChI is InChI=1S/C4H5F3O/c1-3(2-8)4(5,6)7/h2-3H,1H3. The van der Waals surface area contributed by atoms with E-state index in [1.165, 1.54) is 0 Å². The molecule has 0 aliphatic heterocycles. The van der Waals surface area contributed by atoms with E-state index in [4.69, 9.17) is 0 Å². The first kappa shape index (κ1) is 7.46. The Morgan fingerprint density at radius 3 is 1.88 bits per heavy atom. The Balaban J connectivity index is 3.80. The third kappa shape index (κ3) is 1.95. The second-order valence-electron chi connectivity index (χ2n) is 1.47. The van der Waals surface area contributed by atoms with Gasteiger partial charge in [0.25, 0.3) is 0 Å². The summed E-state index contributed by atoms with van der Waals surface area (Å²) in [6.45, 7) is 0.812. The number of hydrogen-bond donors (Lipinski definition) is 0. The van der Waals surface area contributed by atoms with Crippen molar-refractivity contribution in [2.75, 3.05) is 0 Å². The molecule has 0 bridgehead atoms. The molecule has 48 valence electrons. The van der Waals surface area contributed by atoms with Crippen molar-refractivity contribution in [3.05, 3.63) is 0 Å². The number of halogens is 3. The topological polar surface area (TPSA) is 17.1 Å². The summed E-state index contributed by atoms with van der Waals surface area (Å²) in [5.41, 5.74) is 0. The zero-order chi connectivity index (χ0) is 6.78. The first-order valence-electron chi connectivity index (χ1n) is 2.00. The lowest BCUT2D eigenvalue weighted by molar-refractivity contribution is -0.170. The number of carbonyl (C=O) groups is 1. The van der Waals surface area contributed by atoms with Crippen LogP contribution in [0, 0.1) is 5.92 Å². The summed E-state index contributed by atoms with van der Waals surface area (Å²) in [7, 11) is 0. The average Bonchev–Trinajstić information content (AvgIpc) is 1.62. The van der Waals surface area contributed by atoms with Gasteiger partial charge in [0, 0.05) is 0 Å². The molecule has 0 rings (SSSR count). The zero-order valence-corrected chi connectivity index (χ0v) is 4.20. The quantitative estimate of drug-likeness (QED) is 0.485. The van der Waals surface area contributed by atoms with Gasteiger partial charge in [0.05, 0.1) is 0 Å². The van der Waals surface area contributed by atoms with Crippen LogP contribution in [0.3, 0.4) is 0 Å². The first-order chi connectivity index (χ1) is 3.48. The van der Waals surface area contributed by atoms with Crippen LogP contribution in [-0.4, -0.2) is 12.5 Å². The van der Waals surface area contributed by atoms with E-state index in [1.807, 2.05) is 0 Å². The predicted molar refractivity (Wildman–Crippen MR) is 21.3 cm³/mol. The maximum Gasteiger partial charge on any atom is 0.398 e. The minimum atomic E-state index is -4.36. The highest BCUT2D eigenvalue weighted by molar-refractivity contribution is 5.53. The van der Waals surface area contributed by atoms with Crippen LogP contribution in [0.1, 0.15) is 6.92 Å². The molecule has 0 saturated heterocycles. The van der Waals surface area contributed by atoms with Gasteiger partial charge in [0.2, 0.25) is 0 Å². The van der Waals surface area contributed by atoms with E-state index >= 15 is 0 Å². The summed E-state index contributed by atoms with van der Waals surface area (Å²) in [6.07, 6.45) is -4.48. The monoisotopic (exact) mass is 126 g/mol. The van der Waals surface area contributed by atoms with Crippen molar-refractivity contribution in [1.29, 1.82) is 0 Å². The van der Waals surface area contributed by atoms with Crippen molar-refractivity contribution in [3.63, 3.8) is 0 Å². The maximum atomic E-state index is 11.2. The van der Waals surface area contributed by atoms with Crippen LogP contribution in [0.2, 0.25) is 0 Å². The molecule has 0 heterocycles. The molecule has 4 heteroatoms. The fourth-order valence-electron chi connectivity index (χ4n) is 0.0772. The summed E-state index contributed by atoms with van der Waals surface area (Å²) < 4.78 is 33.7. The van der Waals surface area contributed by atoms with Gasteiger partial charge in [-0.2, -0.15) is 13.2 Å². The molecule has 0 aliphatic carbocycles. The molecule has 0 aromatic heterocycles. The van der Waals surface area contributed by atoms with Crippen molar-refractivity contribution >= 4 is 6.29 Å². The van der Waals surface area contributed by atoms with Gasteiger partial charge in [-0.3, -0.25) is 0 Å². The molecule has 1 unspecified atom stereocenters. The lowest BCUT2D eigenvalue weighted by atomic mass is 10.2. The van der Waals surface area contributed by atoms with Crippen LogP contribution >= 0.6 is 0 Å². The highest BCUT2D eigenvalue weighted by atomic mass is 19.4. The average molecular weight is 126 g/mol. The molecule has 0 spiro atoms. The number of aldehydes is 1. The van der Waals surface area contributed by atoms with E-state index in [0.29, 0.717) is 0 Å². The van der Waals surface area contributed by atoms with Gasteiger partial charge in [0.1, 0.15) is 12.2 Å². The molecular weight excluding hydrogens is 121 g/mol. The van der Waals surface area contributed by atoms with Crippen LogP contribution in [-0.2, 0) is 4.79 Å².